The third-order valence-electron chi connectivity index (χ3n) is 6.63. The van der Waals surface area contributed by atoms with E-state index in [2.05, 4.69) is 108 Å². The maximum atomic E-state index is 6.04. The lowest BCUT2D eigenvalue weighted by Gasteiger charge is -2.12. The number of hydrogen-bond acceptors (Lipinski definition) is 2. The van der Waals surface area contributed by atoms with Crippen LogP contribution in [0.3, 0.4) is 0 Å². The van der Waals surface area contributed by atoms with Crippen molar-refractivity contribution in [2.75, 3.05) is 5.32 Å². The second-order valence-electron chi connectivity index (χ2n) is 8.70. The van der Waals surface area contributed by atoms with Crippen LogP contribution in [0.1, 0.15) is 0 Å². The van der Waals surface area contributed by atoms with Crippen molar-refractivity contribution >= 4 is 54.9 Å². The van der Waals surface area contributed by atoms with Crippen LogP contribution in [-0.4, -0.2) is 0 Å². The summed E-state index contributed by atoms with van der Waals surface area (Å²) in [6.45, 7) is 0. The summed E-state index contributed by atoms with van der Waals surface area (Å²) in [5.41, 5.74) is 6.33. The highest BCUT2D eigenvalue weighted by Crippen LogP contribution is 2.36. The minimum absolute atomic E-state index is 0.894. The summed E-state index contributed by atoms with van der Waals surface area (Å²) >= 11 is 0. The van der Waals surface area contributed by atoms with E-state index < -0.39 is 0 Å². The molecule has 1 heterocycles. The van der Waals surface area contributed by atoms with E-state index >= 15 is 0 Å². The molecule has 160 valence electrons. The minimum Gasteiger partial charge on any atom is -0.456 e. The van der Waals surface area contributed by atoms with Crippen LogP contribution >= 0.6 is 0 Å². The first-order valence-electron chi connectivity index (χ1n) is 11.5. The lowest BCUT2D eigenvalue weighted by Crippen LogP contribution is -1.90. The van der Waals surface area contributed by atoms with Crippen molar-refractivity contribution in [2.45, 2.75) is 0 Å². The molecule has 0 spiro atoms. The van der Waals surface area contributed by atoms with Gasteiger partial charge in [0.15, 0.2) is 0 Å². The molecule has 0 saturated carbocycles. The van der Waals surface area contributed by atoms with Crippen LogP contribution in [0, 0.1) is 0 Å². The van der Waals surface area contributed by atoms with Crippen molar-refractivity contribution in [3.8, 4) is 11.1 Å². The van der Waals surface area contributed by atoms with Gasteiger partial charge in [0.2, 0.25) is 0 Å². The Labute approximate surface area is 197 Å². The Kier molecular flexibility index (Phi) is 4.18. The average molecular weight is 436 g/mol. The van der Waals surface area contributed by atoms with Gasteiger partial charge in [-0.25, -0.2) is 0 Å². The molecule has 0 atom stereocenters. The van der Waals surface area contributed by atoms with Crippen LogP contribution < -0.4 is 5.32 Å². The molecule has 2 heteroatoms. The van der Waals surface area contributed by atoms with Crippen LogP contribution in [0.25, 0.3) is 54.6 Å². The minimum atomic E-state index is 0.894. The van der Waals surface area contributed by atoms with Crippen molar-refractivity contribution < 1.29 is 4.42 Å². The van der Waals surface area contributed by atoms with E-state index in [4.69, 9.17) is 4.42 Å². The molecule has 0 aliphatic heterocycles. The third-order valence-corrected chi connectivity index (χ3v) is 6.63. The van der Waals surface area contributed by atoms with Gasteiger partial charge in [0.05, 0.1) is 0 Å². The third kappa shape index (κ3) is 3.04. The highest BCUT2D eigenvalue weighted by atomic mass is 16.3. The van der Waals surface area contributed by atoms with Gasteiger partial charge in [-0.1, -0.05) is 78.9 Å². The molecule has 7 rings (SSSR count). The van der Waals surface area contributed by atoms with Crippen LogP contribution in [0.15, 0.2) is 126 Å². The van der Waals surface area contributed by atoms with Gasteiger partial charge in [-0.05, 0) is 69.1 Å². The lowest BCUT2D eigenvalue weighted by atomic mass is 9.93. The van der Waals surface area contributed by atoms with E-state index in [1.807, 2.05) is 18.2 Å². The van der Waals surface area contributed by atoms with Crippen LogP contribution in [0.5, 0.6) is 0 Å². The predicted molar refractivity (Wildman–Crippen MR) is 144 cm³/mol. The molecule has 1 aromatic heterocycles. The molecule has 2 nitrogen and oxygen atoms in total. The predicted octanol–water partition coefficient (Wildman–Crippen LogP) is 9.30. The van der Waals surface area contributed by atoms with Gasteiger partial charge >= 0.3 is 0 Å². The van der Waals surface area contributed by atoms with E-state index in [1.54, 1.807) is 0 Å². The smallest absolute Gasteiger partial charge is 0.137 e. The quantitative estimate of drug-likeness (QED) is 0.280. The number of hydrogen-bond donors (Lipinski definition) is 1. The molecule has 1 N–H and O–H groups in total. The zero-order chi connectivity index (χ0) is 22.5. The van der Waals surface area contributed by atoms with E-state index in [-0.39, 0.29) is 0 Å². The van der Waals surface area contributed by atoms with Crippen LogP contribution in [0.4, 0.5) is 11.4 Å². The molecule has 0 saturated heterocycles. The van der Waals surface area contributed by atoms with E-state index in [9.17, 15) is 0 Å². The van der Waals surface area contributed by atoms with Crippen molar-refractivity contribution in [3.63, 3.8) is 0 Å². The van der Waals surface area contributed by atoms with Gasteiger partial charge in [0, 0.05) is 28.2 Å². The molecule has 0 fully saturated rings. The number of benzene rings is 6. The van der Waals surface area contributed by atoms with Gasteiger partial charge < -0.3 is 9.73 Å². The maximum absolute atomic E-state index is 6.04. The highest BCUT2D eigenvalue weighted by molar-refractivity contribution is 6.13. The summed E-state index contributed by atoms with van der Waals surface area (Å²) in [7, 11) is 0. The fourth-order valence-electron chi connectivity index (χ4n) is 5.00. The summed E-state index contributed by atoms with van der Waals surface area (Å²) in [5.74, 6) is 0. The fourth-order valence-corrected chi connectivity index (χ4v) is 5.00. The molecule has 0 radical (unpaired) electrons. The zero-order valence-electron chi connectivity index (χ0n) is 18.5. The van der Waals surface area contributed by atoms with Gasteiger partial charge in [-0.15, -0.1) is 0 Å². The average Bonchev–Trinajstić information content (AvgIpc) is 3.26. The lowest BCUT2D eigenvalue weighted by molar-refractivity contribution is 0.669. The Morgan fingerprint density at radius 3 is 1.94 bits per heavy atom. The van der Waals surface area contributed by atoms with Crippen molar-refractivity contribution in [3.05, 3.63) is 121 Å². The van der Waals surface area contributed by atoms with Crippen LogP contribution in [-0.2, 0) is 0 Å². The maximum Gasteiger partial charge on any atom is 0.137 e. The first-order valence-corrected chi connectivity index (χ1v) is 11.5. The molecule has 0 unspecified atom stereocenters. The molecule has 34 heavy (non-hydrogen) atoms. The number of rotatable bonds is 3. The molecule has 0 aliphatic carbocycles. The second kappa shape index (κ2) is 7.50. The second-order valence-corrected chi connectivity index (χ2v) is 8.70. The van der Waals surface area contributed by atoms with Crippen molar-refractivity contribution in [1.82, 2.24) is 0 Å². The summed E-state index contributed by atoms with van der Waals surface area (Å²) in [5, 5.41) is 10.9. The standard InChI is InChI=1S/C32H21NO/c1-2-8-25-22(7-1)19-30(27-10-4-3-9-26(25)27)21-13-15-23(16-14-21)33-24-17-18-29-28-11-5-6-12-31(28)34-32(29)20-24/h1-20,33H. The van der Waals surface area contributed by atoms with Crippen molar-refractivity contribution in [2.24, 2.45) is 0 Å². The molecule has 6 aromatic carbocycles. The monoisotopic (exact) mass is 435 g/mol. The fraction of sp³-hybridized carbons (Fsp3) is 0. The van der Waals surface area contributed by atoms with Gasteiger partial charge in [0.1, 0.15) is 11.2 Å². The molecule has 0 bridgehead atoms. The number of furan rings is 1. The summed E-state index contributed by atoms with van der Waals surface area (Å²) in [6, 6.07) is 42.7. The number of fused-ring (bicyclic) bond motifs is 6. The van der Waals surface area contributed by atoms with E-state index in [1.165, 1.54) is 32.7 Å². The largest absolute Gasteiger partial charge is 0.456 e. The Morgan fingerprint density at radius 1 is 0.441 bits per heavy atom. The molecule has 0 aliphatic rings. The first kappa shape index (κ1) is 19.0. The normalized spacial score (nSPS) is 11.5. The molecule has 7 aromatic rings. The Morgan fingerprint density at radius 2 is 1.09 bits per heavy atom. The SMILES string of the molecule is c1ccc2c(c1)cc(-c1ccc(Nc3ccc4c(c3)oc3ccccc34)cc1)c1ccccc12. The van der Waals surface area contributed by atoms with E-state index in [0.717, 1.165) is 33.3 Å². The van der Waals surface area contributed by atoms with Crippen molar-refractivity contribution in [1.29, 1.82) is 0 Å². The Balaban J connectivity index is 1.25. The number of nitrogens with one attached hydrogen (secondary N) is 1. The molecule has 0 amide bonds. The highest BCUT2D eigenvalue weighted by Gasteiger charge is 2.09. The number of para-hydroxylation sites is 1. The molecular weight excluding hydrogens is 414 g/mol. The van der Waals surface area contributed by atoms with Gasteiger partial charge in [-0.2, -0.15) is 0 Å². The Hall–Kier alpha value is -4.56. The first-order chi connectivity index (χ1) is 16.8. The number of anilines is 2. The van der Waals surface area contributed by atoms with E-state index in [0.29, 0.717) is 0 Å². The summed E-state index contributed by atoms with van der Waals surface area (Å²) in [4.78, 5) is 0. The topological polar surface area (TPSA) is 25.2 Å². The van der Waals surface area contributed by atoms with Gasteiger partial charge in [-0.3, -0.25) is 0 Å². The zero-order valence-corrected chi connectivity index (χ0v) is 18.5. The summed E-state index contributed by atoms with van der Waals surface area (Å²) < 4.78 is 6.04. The molecular formula is C32H21NO. The van der Waals surface area contributed by atoms with Gasteiger partial charge in [0.25, 0.3) is 0 Å². The van der Waals surface area contributed by atoms with Crippen LogP contribution in [0.2, 0.25) is 0 Å². The summed E-state index contributed by atoms with van der Waals surface area (Å²) in [6.07, 6.45) is 0. The Bertz CT molecular complexity index is 1830.